The van der Waals surface area contributed by atoms with Crippen molar-refractivity contribution in [2.75, 3.05) is 0 Å². The van der Waals surface area contributed by atoms with E-state index in [0.717, 1.165) is 10.9 Å². The van der Waals surface area contributed by atoms with Crippen molar-refractivity contribution in [3.05, 3.63) is 184 Å². The van der Waals surface area contributed by atoms with Gasteiger partial charge >= 0.3 is 0 Å². The van der Waals surface area contributed by atoms with Crippen molar-refractivity contribution in [1.29, 1.82) is 0 Å². The van der Waals surface area contributed by atoms with E-state index in [1.54, 1.807) is 0 Å². The van der Waals surface area contributed by atoms with Crippen LogP contribution in [-0.2, 0) is 11.8 Å². The largest absolute Gasteiger partial charge is 0.0622 e. The predicted molar refractivity (Wildman–Crippen MR) is 207 cm³/mol. The Morgan fingerprint density at radius 3 is 1.58 bits per heavy atom. The predicted octanol–water partition coefficient (Wildman–Crippen LogP) is 13.3. The number of fused-ring (bicyclic) bond motifs is 5. The van der Waals surface area contributed by atoms with Crippen LogP contribution in [0.2, 0.25) is 0 Å². The van der Waals surface area contributed by atoms with Crippen molar-refractivity contribution < 1.29 is 0 Å². The number of allylic oxidation sites excluding steroid dienone is 1. The maximum Gasteiger partial charge on any atom is 0.0178 e. The van der Waals surface area contributed by atoms with Crippen LogP contribution < -0.4 is 0 Å². The highest BCUT2D eigenvalue weighted by atomic mass is 79.9. The summed E-state index contributed by atoms with van der Waals surface area (Å²) in [5, 5.41) is 2.62. The molecule has 1 atom stereocenters. The maximum atomic E-state index is 3.78. The van der Waals surface area contributed by atoms with Crippen molar-refractivity contribution >= 4 is 32.8 Å². The van der Waals surface area contributed by atoms with Crippen LogP contribution in [0.5, 0.6) is 0 Å². The summed E-state index contributed by atoms with van der Waals surface area (Å²) in [6.07, 6.45) is 3.56. The van der Waals surface area contributed by atoms with E-state index in [4.69, 9.17) is 0 Å². The van der Waals surface area contributed by atoms with Crippen molar-refractivity contribution in [3.8, 4) is 44.5 Å². The van der Waals surface area contributed by atoms with Crippen LogP contribution in [0.4, 0.5) is 0 Å². The molecule has 7 aromatic carbocycles. The minimum absolute atomic E-state index is 0.0565. The summed E-state index contributed by atoms with van der Waals surface area (Å²) < 4.78 is 1.15. The summed E-state index contributed by atoms with van der Waals surface area (Å²) in [5.41, 5.74) is 17.4. The van der Waals surface area contributed by atoms with E-state index >= 15 is 0 Å². The van der Waals surface area contributed by atoms with Crippen LogP contribution in [0, 0.1) is 0 Å². The Bertz CT molecular complexity index is 2360. The Morgan fingerprint density at radius 1 is 0.521 bits per heavy atom. The molecule has 0 N–H and O–H groups in total. The average molecular weight is 680 g/mol. The monoisotopic (exact) mass is 678 g/mol. The van der Waals surface area contributed by atoms with Gasteiger partial charge in [0.15, 0.2) is 0 Å². The van der Waals surface area contributed by atoms with Crippen molar-refractivity contribution in [2.24, 2.45) is 0 Å². The summed E-state index contributed by atoms with van der Waals surface area (Å²) in [7, 11) is 0. The third-order valence-electron chi connectivity index (χ3n) is 10.8. The van der Waals surface area contributed by atoms with Gasteiger partial charge in [0.2, 0.25) is 0 Å². The van der Waals surface area contributed by atoms with Gasteiger partial charge in [-0.05, 0) is 96.1 Å². The lowest BCUT2D eigenvalue weighted by Gasteiger charge is -2.32. The van der Waals surface area contributed by atoms with Crippen LogP contribution in [0.15, 0.2) is 162 Å². The molecule has 1 unspecified atom stereocenters. The van der Waals surface area contributed by atoms with Crippen LogP contribution in [0.1, 0.15) is 42.0 Å². The fourth-order valence-electron chi connectivity index (χ4n) is 8.44. The number of benzene rings is 7. The van der Waals surface area contributed by atoms with Gasteiger partial charge < -0.3 is 0 Å². The first-order chi connectivity index (χ1) is 23.5. The highest BCUT2D eigenvalue weighted by molar-refractivity contribution is 9.10. The molecule has 0 amide bonds. The van der Waals surface area contributed by atoms with Gasteiger partial charge in [0.1, 0.15) is 0 Å². The van der Waals surface area contributed by atoms with E-state index in [2.05, 4.69) is 188 Å². The molecule has 0 heterocycles. The number of hydrogen-bond donors (Lipinski definition) is 0. The molecule has 2 aliphatic rings. The second-order valence-corrected chi connectivity index (χ2v) is 14.7. The lowest BCUT2D eigenvalue weighted by atomic mass is 9.71. The Hall–Kier alpha value is -4.98. The summed E-state index contributed by atoms with van der Waals surface area (Å²) in [4.78, 5) is 0. The van der Waals surface area contributed by atoms with Gasteiger partial charge in [-0.2, -0.15) is 0 Å². The normalized spacial score (nSPS) is 15.8. The molecule has 230 valence electrons. The van der Waals surface area contributed by atoms with Crippen molar-refractivity contribution in [3.63, 3.8) is 0 Å². The second kappa shape index (κ2) is 11.3. The van der Waals surface area contributed by atoms with E-state index in [9.17, 15) is 0 Å². The number of hydrogen-bond acceptors (Lipinski definition) is 0. The lowest BCUT2D eigenvalue weighted by Crippen LogP contribution is -2.20. The number of rotatable bonds is 4. The third kappa shape index (κ3) is 4.64. The zero-order valence-electron chi connectivity index (χ0n) is 27.2. The van der Waals surface area contributed by atoms with E-state index in [0.29, 0.717) is 5.92 Å². The highest BCUT2D eigenvalue weighted by Crippen LogP contribution is 2.57. The van der Waals surface area contributed by atoms with E-state index in [1.165, 1.54) is 83.1 Å². The molecule has 7 aromatic rings. The van der Waals surface area contributed by atoms with Crippen molar-refractivity contribution in [2.45, 2.75) is 31.6 Å². The molecule has 0 bridgehead atoms. The molecule has 0 nitrogen and oxygen atoms in total. The smallest absolute Gasteiger partial charge is 0.0178 e. The highest BCUT2D eigenvalue weighted by Gasteiger charge is 2.44. The fourth-order valence-corrected chi connectivity index (χ4v) is 8.80. The molecular formula is C47H35Br. The standard InChI is InChI=1S/C47H35Br/c1-47(2)43-27-36(48)25-26-37(43)40-28-41-42(29-44(40)47)46(35-23-19-33(20-24-35)31-13-7-4-8-14-31)39-16-10-9-15-38(39)45(41)34-21-17-32(18-22-34)30-11-5-3-6-12-30/h3-27,29,40H,28H2,1-2H3. The molecule has 0 aliphatic heterocycles. The number of halogens is 1. The Morgan fingerprint density at radius 2 is 1.00 bits per heavy atom. The third-order valence-corrected chi connectivity index (χ3v) is 11.3. The van der Waals surface area contributed by atoms with E-state index in [-0.39, 0.29) is 5.41 Å². The fraction of sp³-hybridized carbons (Fsp3) is 0.106. The molecule has 0 fully saturated rings. The lowest BCUT2D eigenvalue weighted by molar-refractivity contribution is 0.614. The molecule has 0 radical (unpaired) electrons. The first-order valence-electron chi connectivity index (χ1n) is 16.9. The Kier molecular flexibility index (Phi) is 6.88. The summed E-state index contributed by atoms with van der Waals surface area (Å²) >= 11 is 3.78. The topological polar surface area (TPSA) is 0 Å². The Balaban J connectivity index is 1.30. The maximum absolute atomic E-state index is 3.78. The minimum Gasteiger partial charge on any atom is -0.0622 e. The molecule has 0 saturated heterocycles. The molecule has 0 aromatic heterocycles. The zero-order valence-corrected chi connectivity index (χ0v) is 28.8. The molecule has 0 saturated carbocycles. The van der Waals surface area contributed by atoms with Gasteiger partial charge in [-0.1, -0.05) is 181 Å². The summed E-state index contributed by atoms with van der Waals surface area (Å²) in [5.74, 6) is 0.354. The molecular weight excluding hydrogens is 644 g/mol. The zero-order chi connectivity index (χ0) is 32.4. The first-order valence-corrected chi connectivity index (χ1v) is 17.7. The van der Waals surface area contributed by atoms with Gasteiger partial charge in [0.25, 0.3) is 0 Å². The first kappa shape index (κ1) is 29.2. The molecule has 9 rings (SSSR count). The molecule has 48 heavy (non-hydrogen) atoms. The van der Waals surface area contributed by atoms with Crippen LogP contribution in [-0.4, -0.2) is 0 Å². The van der Waals surface area contributed by atoms with Crippen LogP contribution >= 0.6 is 15.9 Å². The van der Waals surface area contributed by atoms with Crippen LogP contribution in [0.3, 0.4) is 0 Å². The van der Waals surface area contributed by atoms with Gasteiger partial charge in [0, 0.05) is 15.8 Å². The van der Waals surface area contributed by atoms with Gasteiger partial charge in [0.05, 0.1) is 0 Å². The molecule has 0 spiro atoms. The van der Waals surface area contributed by atoms with Gasteiger partial charge in [-0.3, -0.25) is 0 Å². The second-order valence-electron chi connectivity index (χ2n) is 13.8. The molecule has 2 aliphatic carbocycles. The van der Waals surface area contributed by atoms with Gasteiger partial charge in [-0.15, -0.1) is 0 Å². The summed E-state index contributed by atoms with van der Waals surface area (Å²) in [6, 6.07) is 55.8. The van der Waals surface area contributed by atoms with Crippen LogP contribution in [0.25, 0.3) is 61.4 Å². The van der Waals surface area contributed by atoms with E-state index < -0.39 is 0 Å². The van der Waals surface area contributed by atoms with Gasteiger partial charge in [-0.25, -0.2) is 0 Å². The quantitative estimate of drug-likeness (QED) is 0.174. The Labute approximate surface area is 291 Å². The summed E-state index contributed by atoms with van der Waals surface area (Å²) in [6.45, 7) is 4.82. The van der Waals surface area contributed by atoms with E-state index in [1.807, 2.05) is 0 Å². The SMILES string of the molecule is CC1(C)C2=Cc3c(c(-c4ccc(-c5ccccc5)cc4)c4ccccc4c3-c3ccc(-c4ccccc4)cc3)CC2c2ccc(Br)cc21. The minimum atomic E-state index is -0.0565. The molecule has 1 heteroatoms. The van der Waals surface area contributed by atoms with Crippen molar-refractivity contribution in [1.82, 2.24) is 0 Å². The average Bonchev–Trinajstić information content (AvgIpc) is 3.35.